The fraction of sp³-hybridized carbons (Fsp3) is 0.600. The molecule has 2 N–H and O–H groups in total. The molecule has 0 saturated heterocycles. The lowest BCUT2D eigenvalue weighted by molar-refractivity contribution is 0.199. The van der Waals surface area contributed by atoms with Crippen LogP contribution in [0.3, 0.4) is 0 Å². The van der Waals surface area contributed by atoms with Crippen LogP contribution in [0.5, 0.6) is 5.75 Å². The maximum atomic E-state index is 5.67. The van der Waals surface area contributed by atoms with E-state index in [0.29, 0.717) is 5.92 Å². The summed E-state index contributed by atoms with van der Waals surface area (Å²) >= 11 is 0. The number of hydrogen-bond donors (Lipinski definition) is 2. The molecule has 0 amide bonds. The number of rotatable bonds is 8. The van der Waals surface area contributed by atoms with Crippen molar-refractivity contribution in [3.05, 3.63) is 29.8 Å². The van der Waals surface area contributed by atoms with Gasteiger partial charge < -0.3 is 20.1 Å². The Balaban J connectivity index is 1.67. The third kappa shape index (κ3) is 4.49. The molecule has 1 aliphatic rings. The second-order valence-electron chi connectivity index (χ2n) is 4.82. The van der Waals surface area contributed by atoms with Gasteiger partial charge in [-0.2, -0.15) is 0 Å². The van der Waals surface area contributed by atoms with E-state index in [-0.39, 0.29) is 0 Å². The van der Waals surface area contributed by atoms with Crippen molar-refractivity contribution < 1.29 is 9.47 Å². The molecule has 1 aromatic rings. The second kappa shape index (κ2) is 8.15. The lowest BCUT2D eigenvalue weighted by Crippen LogP contribution is -2.32. The van der Waals surface area contributed by atoms with Crippen LogP contribution in [0.4, 0.5) is 0 Å². The molecule has 106 valence electrons. The number of para-hydroxylation sites is 1. The van der Waals surface area contributed by atoms with Gasteiger partial charge in [-0.05, 0) is 18.1 Å². The summed E-state index contributed by atoms with van der Waals surface area (Å²) in [5.74, 6) is 1.63. The summed E-state index contributed by atoms with van der Waals surface area (Å²) in [6, 6.07) is 8.37. The van der Waals surface area contributed by atoms with Crippen LogP contribution in [-0.4, -0.2) is 46.5 Å². The molecule has 1 aromatic carbocycles. The van der Waals surface area contributed by atoms with Crippen molar-refractivity contribution in [1.82, 2.24) is 10.6 Å². The molecule has 1 unspecified atom stereocenters. The molecule has 0 bridgehead atoms. The van der Waals surface area contributed by atoms with Crippen molar-refractivity contribution in [2.24, 2.45) is 0 Å². The van der Waals surface area contributed by atoms with Gasteiger partial charge in [0.2, 0.25) is 0 Å². The predicted molar refractivity (Wildman–Crippen MR) is 76.9 cm³/mol. The van der Waals surface area contributed by atoms with E-state index in [4.69, 9.17) is 9.47 Å². The molecule has 1 aliphatic heterocycles. The lowest BCUT2D eigenvalue weighted by atomic mass is 9.93. The van der Waals surface area contributed by atoms with Crippen LogP contribution in [0, 0.1) is 0 Å². The van der Waals surface area contributed by atoms with Gasteiger partial charge in [0.25, 0.3) is 0 Å². The highest BCUT2D eigenvalue weighted by molar-refractivity contribution is 5.37. The van der Waals surface area contributed by atoms with Gasteiger partial charge in [0.1, 0.15) is 5.75 Å². The van der Waals surface area contributed by atoms with Crippen molar-refractivity contribution in [3.8, 4) is 5.75 Å². The molecule has 0 saturated carbocycles. The van der Waals surface area contributed by atoms with E-state index in [0.717, 1.165) is 51.6 Å². The Bertz CT molecular complexity index is 371. The first-order valence-corrected chi connectivity index (χ1v) is 7.04. The Kier molecular flexibility index (Phi) is 6.14. The fourth-order valence-electron chi connectivity index (χ4n) is 2.38. The summed E-state index contributed by atoms with van der Waals surface area (Å²) in [7, 11) is 1.72. The summed E-state index contributed by atoms with van der Waals surface area (Å²) in [6.07, 6.45) is 1.10. The van der Waals surface area contributed by atoms with E-state index in [1.807, 2.05) is 6.07 Å². The van der Waals surface area contributed by atoms with Crippen LogP contribution in [0.1, 0.15) is 17.9 Å². The summed E-state index contributed by atoms with van der Waals surface area (Å²) in [6.45, 7) is 5.50. The van der Waals surface area contributed by atoms with Crippen molar-refractivity contribution in [2.75, 3.05) is 46.5 Å². The molecular weight excluding hydrogens is 240 g/mol. The van der Waals surface area contributed by atoms with Crippen LogP contribution < -0.4 is 15.4 Å². The van der Waals surface area contributed by atoms with Crippen molar-refractivity contribution >= 4 is 0 Å². The molecular formula is C15H24N2O2. The van der Waals surface area contributed by atoms with Crippen molar-refractivity contribution in [3.63, 3.8) is 0 Å². The van der Waals surface area contributed by atoms with Crippen molar-refractivity contribution in [2.45, 2.75) is 12.3 Å². The van der Waals surface area contributed by atoms with Gasteiger partial charge in [-0.1, -0.05) is 18.2 Å². The molecule has 1 atom stereocenters. The Hall–Kier alpha value is -1.10. The van der Waals surface area contributed by atoms with Gasteiger partial charge in [-0.3, -0.25) is 0 Å². The number of nitrogens with one attached hydrogen (secondary N) is 2. The Morgan fingerprint density at radius 2 is 2.05 bits per heavy atom. The molecule has 0 aliphatic carbocycles. The highest BCUT2D eigenvalue weighted by Gasteiger charge is 2.20. The lowest BCUT2D eigenvalue weighted by Gasteiger charge is -2.26. The maximum Gasteiger partial charge on any atom is 0.122 e. The molecule has 1 heterocycles. The van der Waals surface area contributed by atoms with E-state index in [9.17, 15) is 0 Å². The first-order chi connectivity index (χ1) is 9.42. The van der Waals surface area contributed by atoms with Gasteiger partial charge in [0.05, 0.1) is 13.2 Å². The highest BCUT2D eigenvalue weighted by Crippen LogP contribution is 2.32. The molecule has 4 nitrogen and oxygen atoms in total. The zero-order valence-electron chi connectivity index (χ0n) is 11.7. The van der Waals surface area contributed by atoms with E-state index in [1.54, 1.807) is 7.11 Å². The normalized spacial score (nSPS) is 17.8. The average molecular weight is 264 g/mol. The quantitative estimate of drug-likeness (QED) is 0.696. The molecule has 0 aromatic heterocycles. The topological polar surface area (TPSA) is 42.5 Å². The zero-order chi connectivity index (χ0) is 13.3. The van der Waals surface area contributed by atoms with Gasteiger partial charge in [0.15, 0.2) is 0 Å². The number of fused-ring (bicyclic) bond motifs is 1. The van der Waals surface area contributed by atoms with Crippen LogP contribution in [0.15, 0.2) is 24.3 Å². The number of methoxy groups -OCH3 is 1. The number of ether oxygens (including phenoxy) is 2. The van der Waals surface area contributed by atoms with Gasteiger partial charge in [-0.15, -0.1) is 0 Å². The molecule has 0 spiro atoms. The monoisotopic (exact) mass is 264 g/mol. The second-order valence-corrected chi connectivity index (χ2v) is 4.82. The molecule has 0 radical (unpaired) electrons. The van der Waals surface area contributed by atoms with Gasteiger partial charge >= 0.3 is 0 Å². The Morgan fingerprint density at radius 1 is 1.21 bits per heavy atom. The predicted octanol–water partition coefficient (Wildman–Crippen LogP) is 1.38. The van der Waals surface area contributed by atoms with Gasteiger partial charge in [-0.25, -0.2) is 0 Å². The first kappa shape index (κ1) is 14.3. The smallest absolute Gasteiger partial charge is 0.122 e. The highest BCUT2D eigenvalue weighted by atomic mass is 16.5. The number of benzene rings is 1. The summed E-state index contributed by atoms with van der Waals surface area (Å²) in [5, 5.41) is 6.85. The molecule has 4 heteroatoms. The standard InChI is InChI=1S/C15H24N2O2/c1-18-11-9-16-7-8-17-12-13-6-10-19-15-5-3-2-4-14(13)15/h2-5,13,16-17H,6-12H2,1H3. The maximum absolute atomic E-state index is 5.67. The van der Waals surface area contributed by atoms with Gasteiger partial charge in [0, 0.05) is 39.2 Å². The summed E-state index contributed by atoms with van der Waals surface area (Å²) in [4.78, 5) is 0. The van der Waals surface area contributed by atoms with E-state index < -0.39 is 0 Å². The molecule has 19 heavy (non-hydrogen) atoms. The van der Waals surface area contributed by atoms with Crippen LogP contribution in [0.2, 0.25) is 0 Å². The first-order valence-electron chi connectivity index (χ1n) is 7.04. The summed E-state index contributed by atoms with van der Waals surface area (Å²) in [5.41, 5.74) is 1.34. The molecule has 0 fully saturated rings. The largest absolute Gasteiger partial charge is 0.493 e. The van der Waals surface area contributed by atoms with E-state index in [2.05, 4.69) is 28.8 Å². The van der Waals surface area contributed by atoms with Crippen LogP contribution in [0.25, 0.3) is 0 Å². The van der Waals surface area contributed by atoms with Crippen molar-refractivity contribution in [1.29, 1.82) is 0 Å². The van der Waals surface area contributed by atoms with Crippen LogP contribution in [-0.2, 0) is 4.74 Å². The minimum atomic E-state index is 0.573. The minimum absolute atomic E-state index is 0.573. The third-order valence-corrected chi connectivity index (χ3v) is 3.43. The van der Waals surface area contributed by atoms with E-state index in [1.165, 1.54) is 5.56 Å². The SMILES string of the molecule is COCCNCCNCC1CCOc2ccccc21. The van der Waals surface area contributed by atoms with Crippen LogP contribution >= 0.6 is 0 Å². The zero-order valence-corrected chi connectivity index (χ0v) is 11.7. The van der Waals surface area contributed by atoms with E-state index >= 15 is 0 Å². The third-order valence-electron chi connectivity index (χ3n) is 3.43. The Labute approximate surface area is 115 Å². The Morgan fingerprint density at radius 3 is 2.95 bits per heavy atom. The fourth-order valence-corrected chi connectivity index (χ4v) is 2.38. The summed E-state index contributed by atoms with van der Waals surface area (Å²) < 4.78 is 10.7. The minimum Gasteiger partial charge on any atom is -0.493 e. The molecule has 2 rings (SSSR count). The average Bonchev–Trinajstić information content (AvgIpc) is 2.46. The number of hydrogen-bond acceptors (Lipinski definition) is 4.